The van der Waals surface area contributed by atoms with Crippen LogP contribution in [-0.4, -0.2) is 21.1 Å². The molecule has 0 N–H and O–H groups in total. The fourth-order valence-electron chi connectivity index (χ4n) is 1.72. The van der Waals surface area contributed by atoms with Crippen LogP contribution < -0.4 is 4.43 Å². The molecule has 1 nitrogen and oxygen atoms in total. The van der Waals surface area contributed by atoms with E-state index in [9.17, 15) is 4.39 Å². The Morgan fingerprint density at radius 3 is 2.77 bits per heavy atom. The molecule has 0 saturated carbocycles. The highest BCUT2D eigenvalue weighted by Crippen LogP contribution is 2.11. The van der Waals surface area contributed by atoms with Crippen molar-refractivity contribution >= 4 is 18.9 Å². The van der Waals surface area contributed by atoms with Crippen molar-refractivity contribution < 1.29 is 8.18 Å². The monoisotopic (exact) mass is 194 g/mol. The third kappa shape index (κ3) is 2.11. The molecule has 0 aromatic heterocycles. The molecule has 0 radical (unpaired) electrons. The fourth-order valence-corrected chi connectivity index (χ4v) is 4.22. The molecule has 0 amide bonds. The van der Waals surface area contributed by atoms with Gasteiger partial charge in [0.25, 0.3) is 0 Å². The second-order valence-electron chi connectivity index (χ2n) is 3.38. The van der Waals surface area contributed by atoms with E-state index in [4.69, 9.17) is 3.79 Å². The van der Waals surface area contributed by atoms with Gasteiger partial charge in [-0.25, -0.2) is 4.39 Å². The quantitative estimate of drug-likeness (QED) is 0.620. The minimum absolute atomic E-state index is 0.0823. The summed E-state index contributed by atoms with van der Waals surface area (Å²) in [6, 6.07) is 7.03. The van der Waals surface area contributed by atoms with E-state index in [2.05, 4.69) is 0 Å². The van der Waals surface area contributed by atoms with Crippen LogP contribution in [0, 0.1) is 5.82 Å². The number of halogens is 1. The van der Waals surface area contributed by atoms with Gasteiger partial charge in [-0.15, -0.1) is 0 Å². The van der Waals surface area contributed by atoms with Crippen LogP contribution >= 0.6 is 0 Å². The van der Waals surface area contributed by atoms with Crippen LogP contribution in [0.3, 0.4) is 0 Å². The maximum atomic E-state index is 13.3. The molecular weight excluding hydrogens is 182 g/mol. The van der Waals surface area contributed by atoms with E-state index in [-0.39, 0.29) is 5.82 Å². The molecule has 2 rings (SSSR count). The van der Waals surface area contributed by atoms with Crippen molar-refractivity contribution in [1.29, 1.82) is 0 Å². The topological polar surface area (TPSA) is 9.23 Å². The second-order valence-corrected chi connectivity index (χ2v) is 5.89. The average molecular weight is 194 g/mol. The second kappa shape index (κ2) is 4.24. The molecule has 0 unspecified atom stereocenters. The molecule has 1 aliphatic rings. The summed E-state index contributed by atoms with van der Waals surface area (Å²) in [6.45, 7) is 0.825. The first-order valence-corrected chi connectivity index (χ1v) is 6.60. The summed E-state index contributed by atoms with van der Waals surface area (Å²) in [5, 5.41) is 1.08. The van der Waals surface area contributed by atoms with Crippen LogP contribution in [0.4, 0.5) is 4.39 Å². The van der Waals surface area contributed by atoms with Gasteiger partial charge >= 0.3 is 14.5 Å². The lowest BCUT2D eigenvalue weighted by Crippen LogP contribution is -2.38. The lowest BCUT2D eigenvalue weighted by atomic mass is 10.3. The zero-order valence-electron chi connectivity index (χ0n) is 7.50. The van der Waals surface area contributed by atoms with Gasteiger partial charge in [-0.05, 0) is 16.9 Å². The Balaban J connectivity index is 2.18. The normalized spacial score (nSPS) is 17.5. The van der Waals surface area contributed by atoms with Crippen molar-refractivity contribution in [2.75, 3.05) is 6.61 Å². The van der Waals surface area contributed by atoms with E-state index >= 15 is 0 Å². The van der Waals surface area contributed by atoms with E-state index in [0.29, 0.717) is 0 Å². The molecule has 0 aliphatic carbocycles. The van der Waals surface area contributed by atoms with Crippen LogP contribution in [0.25, 0.3) is 0 Å². The van der Waals surface area contributed by atoms with Crippen LogP contribution in [0.5, 0.6) is 0 Å². The van der Waals surface area contributed by atoms with Gasteiger partial charge in [0, 0.05) is 6.61 Å². The van der Waals surface area contributed by atoms with Crippen molar-refractivity contribution in [1.82, 2.24) is 0 Å². The van der Waals surface area contributed by atoms with E-state index in [1.165, 1.54) is 12.5 Å². The van der Waals surface area contributed by atoms with E-state index in [1.807, 2.05) is 12.1 Å². The van der Waals surface area contributed by atoms with Gasteiger partial charge in [-0.3, -0.25) is 0 Å². The van der Waals surface area contributed by atoms with Crippen molar-refractivity contribution in [3.05, 3.63) is 30.1 Å². The average Bonchev–Trinajstić information content (AvgIpc) is 2.20. The Hall–Kier alpha value is -0.358. The molecule has 1 saturated heterocycles. The zero-order valence-corrected chi connectivity index (χ0v) is 8.66. The molecule has 68 valence electrons. The maximum Gasteiger partial charge on any atom is 0.505 e. The summed E-state index contributed by atoms with van der Waals surface area (Å²) < 4.78 is 19.8. The third-order valence-electron chi connectivity index (χ3n) is 2.43. The van der Waals surface area contributed by atoms with Crippen molar-refractivity contribution in [3.8, 4) is 0 Å². The number of hydrogen-bond donors (Lipinski definition) is 0. The van der Waals surface area contributed by atoms with Gasteiger partial charge < -0.3 is 3.79 Å². The summed E-state index contributed by atoms with van der Waals surface area (Å²) >= 11 is -1.40. The fraction of sp³-hybridized carbons (Fsp3) is 0.400. The van der Waals surface area contributed by atoms with Gasteiger partial charge in [0.05, 0.1) is 0 Å². The molecule has 13 heavy (non-hydrogen) atoms. The van der Waals surface area contributed by atoms with Crippen LogP contribution in [-0.2, 0) is 3.79 Å². The largest absolute Gasteiger partial charge is 0.505 e. The number of benzene rings is 1. The Labute approximate surface area is 82.3 Å². The summed E-state index contributed by atoms with van der Waals surface area (Å²) in [6.07, 6.45) is 2.34. The molecule has 1 aromatic rings. The predicted molar refractivity (Wildman–Crippen MR) is 51.8 cm³/mol. The number of hydrogen-bond acceptors (Lipinski definition) is 1. The summed E-state index contributed by atoms with van der Waals surface area (Å²) in [5.41, 5.74) is 0. The van der Waals surface area contributed by atoms with Gasteiger partial charge in [-0.2, -0.15) is 0 Å². The van der Waals surface area contributed by atoms with Gasteiger partial charge in [0.1, 0.15) is 5.82 Å². The molecule has 0 spiro atoms. The Morgan fingerprint density at radius 1 is 1.23 bits per heavy atom. The molecule has 3 heteroatoms. The summed E-state index contributed by atoms with van der Waals surface area (Å²) in [7, 11) is 0. The summed E-state index contributed by atoms with van der Waals surface area (Å²) in [4.78, 5) is 0. The van der Waals surface area contributed by atoms with Crippen molar-refractivity contribution in [2.45, 2.75) is 18.1 Å². The van der Waals surface area contributed by atoms with E-state index in [1.54, 1.807) is 6.07 Å². The lowest BCUT2D eigenvalue weighted by molar-refractivity contribution is 0.294. The van der Waals surface area contributed by atoms with Crippen molar-refractivity contribution in [3.63, 3.8) is 0 Å². The van der Waals surface area contributed by atoms with Crippen molar-refractivity contribution in [2.24, 2.45) is 0 Å². The third-order valence-corrected chi connectivity index (χ3v) is 5.16. The number of rotatable bonds is 1. The van der Waals surface area contributed by atoms with Gasteiger partial charge in [0.2, 0.25) is 0 Å². The SMILES string of the molecule is Fc1cccc[c]1[Al]1[CH2]CCC[O]1. The molecular formula is C10H12AlFO. The van der Waals surface area contributed by atoms with E-state index in [0.717, 1.165) is 22.7 Å². The maximum absolute atomic E-state index is 13.3. The Kier molecular flexibility index (Phi) is 3.00. The Morgan fingerprint density at radius 2 is 2.08 bits per heavy atom. The van der Waals surface area contributed by atoms with E-state index < -0.39 is 14.5 Å². The molecule has 0 atom stereocenters. The molecule has 1 heterocycles. The lowest BCUT2D eigenvalue weighted by Gasteiger charge is -2.18. The minimum Gasteiger partial charge on any atom is -0.497 e. The Bertz CT molecular complexity index is 284. The molecule has 1 aliphatic heterocycles. The zero-order chi connectivity index (χ0) is 9.10. The molecule has 0 bridgehead atoms. The highest BCUT2D eigenvalue weighted by Gasteiger charge is 2.28. The van der Waals surface area contributed by atoms with Crippen LogP contribution in [0.1, 0.15) is 12.8 Å². The first kappa shape index (κ1) is 9.21. The standard InChI is InChI=1S/C6H4F.C4H8O.Al/c7-6-4-2-1-3-5-6;1-2-3-4-5;/h1-4H;1-4H2;/q;-1;+1. The summed E-state index contributed by atoms with van der Waals surface area (Å²) in [5.74, 6) is -0.0823. The molecule has 1 fully saturated rings. The van der Waals surface area contributed by atoms with Crippen LogP contribution in [0.2, 0.25) is 5.28 Å². The predicted octanol–water partition coefficient (Wildman–Crippen LogP) is 1.83. The highest BCUT2D eigenvalue weighted by molar-refractivity contribution is 6.67. The first-order valence-electron chi connectivity index (χ1n) is 4.74. The smallest absolute Gasteiger partial charge is 0.497 e. The van der Waals surface area contributed by atoms with Gasteiger partial charge in [0.15, 0.2) is 0 Å². The first-order chi connectivity index (χ1) is 6.38. The minimum atomic E-state index is -1.40. The van der Waals surface area contributed by atoms with Crippen LogP contribution in [0.15, 0.2) is 24.3 Å². The van der Waals surface area contributed by atoms with Gasteiger partial charge in [-0.1, -0.05) is 29.9 Å². The molecule has 1 aromatic carbocycles. The highest BCUT2D eigenvalue weighted by atomic mass is 27.2.